The lowest BCUT2D eigenvalue weighted by atomic mass is 9.92. The van der Waals surface area contributed by atoms with Gasteiger partial charge in [0.05, 0.1) is 4.34 Å². The van der Waals surface area contributed by atoms with Crippen molar-refractivity contribution in [2.45, 2.75) is 51.0 Å². The molecule has 1 atom stereocenters. The molecule has 0 amide bonds. The fourth-order valence-electron chi connectivity index (χ4n) is 3.78. The number of hydrogen-bond donors (Lipinski definition) is 1. The van der Waals surface area contributed by atoms with Crippen LogP contribution in [0.4, 0.5) is 0 Å². The van der Waals surface area contributed by atoms with Crippen molar-refractivity contribution in [3.63, 3.8) is 0 Å². The van der Waals surface area contributed by atoms with E-state index in [1.807, 2.05) is 0 Å². The summed E-state index contributed by atoms with van der Waals surface area (Å²) >= 11 is 7.98. The van der Waals surface area contributed by atoms with Crippen molar-refractivity contribution in [3.05, 3.63) is 20.8 Å². The van der Waals surface area contributed by atoms with E-state index in [1.165, 1.54) is 61.9 Å². The van der Waals surface area contributed by atoms with E-state index in [0.29, 0.717) is 6.04 Å². The normalized spacial score (nSPS) is 26.7. The first kappa shape index (κ1) is 12.7. The van der Waals surface area contributed by atoms with Crippen LogP contribution in [0, 0.1) is 17.8 Å². The monoisotopic (exact) mass is 295 g/mol. The van der Waals surface area contributed by atoms with Crippen LogP contribution in [0.3, 0.4) is 0 Å². The SMILES string of the molecule is Clc1cc2c(s1)CCCC2NCC(C1CC1)C1CC1. The van der Waals surface area contributed by atoms with Crippen LogP contribution in [-0.4, -0.2) is 6.54 Å². The highest BCUT2D eigenvalue weighted by atomic mass is 35.5. The molecule has 4 rings (SSSR count). The Balaban J connectivity index is 1.42. The first-order valence-corrected chi connectivity index (χ1v) is 9.02. The molecule has 2 saturated carbocycles. The van der Waals surface area contributed by atoms with Crippen molar-refractivity contribution < 1.29 is 0 Å². The van der Waals surface area contributed by atoms with Gasteiger partial charge >= 0.3 is 0 Å². The standard InChI is InChI=1S/C16H22ClNS/c17-16-8-12-14(2-1-3-15(12)19-16)18-9-13(10-4-5-10)11-6-7-11/h8,10-11,13-14,18H,1-7,9H2. The van der Waals surface area contributed by atoms with Gasteiger partial charge in [-0.25, -0.2) is 0 Å². The number of aryl methyl sites for hydroxylation is 1. The van der Waals surface area contributed by atoms with E-state index >= 15 is 0 Å². The zero-order valence-corrected chi connectivity index (χ0v) is 12.9. The summed E-state index contributed by atoms with van der Waals surface area (Å²) in [4.78, 5) is 1.53. The number of halogens is 1. The molecule has 0 aliphatic heterocycles. The second-order valence-corrected chi connectivity index (χ2v) is 8.39. The molecule has 0 spiro atoms. The van der Waals surface area contributed by atoms with Gasteiger partial charge in [0.15, 0.2) is 0 Å². The van der Waals surface area contributed by atoms with Crippen LogP contribution < -0.4 is 5.32 Å². The second-order valence-electron chi connectivity index (χ2n) is 6.62. The van der Waals surface area contributed by atoms with Crippen LogP contribution in [0.25, 0.3) is 0 Å². The molecule has 0 radical (unpaired) electrons. The summed E-state index contributed by atoms with van der Waals surface area (Å²) in [5.41, 5.74) is 1.51. The Bertz CT molecular complexity index is 449. The average Bonchev–Trinajstić information content (AvgIpc) is 3.28. The van der Waals surface area contributed by atoms with E-state index in [1.54, 1.807) is 11.3 Å². The van der Waals surface area contributed by atoms with Gasteiger partial charge in [0.2, 0.25) is 0 Å². The first-order valence-electron chi connectivity index (χ1n) is 7.83. The third kappa shape index (κ3) is 2.72. The Labute approximate surface area is 124 Å². The Morgan fingerprint density at radius 3 is 2.63 bits per heavy atom. The maximum atomic E-state index is 6.19. The van der Waals surface area contributed by atoms with Gasteiger partial charge in [-0.15, -0.1) is 11.3 Å². The van der Waals surface area contributed by atoms with E-state index in [-0.39, 0.29) is 0 Å². The first-order chi connectivity index (χ1) is 9.31. The minimum absolute atomic E-state index is 0.576. The summed E-state index contributed by atoms with van der Waals surface area (Å²) in [6.07, 6.45) is 9.80. The van der Waals surface area contributed by atoms with Gasteiger partial charge in [-0.1, -0.05) is 11.6 Å². The summed E-state index contributed by atoms with van der Waals surface area (Å²) in [6, 6.07) is 2.79. The smallest absolute Gasteiger partial charge is 0.0934 e. The van der Waals surface area contributed by atoms with E-state index in [0.717, 1.165) is 22.1 Å². The van der Waals surface area contributed by atoms with Gasteiger partial charge in [0.1, 0.15) is 0 Å². The highest BCUT2D eigenvalue weighted by Gasteiger charge is 2.41. The Morgan fingerprint density at radius 2 is 1.95 bits per heavy atom. The maximum Gasteiger partial charge on any atom is 0.0934 e. The molecular weight excluding hydrogens is 274 g/mol. The lowest BCUT2D eigenvalue weighted by Gasteiger charge is -2.26. The predicted molar refractivity (Wildman–Crippen MR) is 81.9 cm³/mol. The average molecular weight is 296 g/mol. The molecule has 1 aromatic heterocycles. The van der Waals surface area contributed by atoms with E-state index in [2.05, 4.69) is 11.4 Å². The van der Waals surface area contributed by atoms with E-state index in [4.69, 9.17) is 11.6 Å². The molecule has 1 unspecified atom stereocenters. The van der Waals surface area contributed by atoms with Crippen molar-refractivity contribution >= 4 is 22.9 Å². The third-order valence-corrected chi connectivity index (χ3v) is 6.48. The molecule has 0 saturated heterocycles. The Hall–Kier alpha value is -0.0500. The van der Waals surface area contributed by atoms with Gasteiger partial charge in [0, 0.05) is 10.9 Å². The predicted octanol–water partition coefficient (Wildman–Crippen LogP) is 4.80. The van der Waals surface area contributed by atoms with Gasteiger partial charge in [-0.3, -0.25) is 0 Å². The van der Waals surface area contributed by atoms with Gasteiger partial charge in [0.25, 0.3) is 0 Å². The van der Waals surface area contributed by atoms with Crippen molar-refractivity contribution in [2.24, 2.45) is 17.8 Å². The molecule has 104 valence electrons. The zero-order valence-electron chi connectivity index (χ0n) is 11.3. The minimum Gasteiger partial charge on any atom is -0.310 e. The molecule has 2 fully saturated rings. The molecule has 0 bridgehead atoms. The topological polar surface area (TPSA) is 12.0 Å². The number of nitrogens with one attached hydrogen (secondary N) is 1. The fraction of sp³-hybridized carbons (Fsp3) is 0.750. The minimum atomic E-state index is 0.576. The summed E-state index contributed by atoms with van der Waals surface area (Å²) in [5.74, 6) is 3.07. The highest BCUT2D eigenvalue weighted by Crippen LogP contribution is 2.49. The van der Waals surface area contributed by atoms with Crippen LogP contribution in [0.5, 0.6) is 0 Å². The number of thiophene rings is 1. The van der Waals surface area contributed by atoms with Gasteiger partial charge in [-0.05, 0) is 80.9 Å². The molecule has 1 aromatic rings. The van der Waals surface area contributed by atoms with Gasteiger partial charge < -0.3 is 5.32 Å². The third-order valence-electron chi connectivity index (χ3n) is 5.14. The van der Waals surface area contributed by atoms with Crippen molar-refractivity contribution in [1.82, 2.24) is 5.32 Å². The van der Waals surface area contributed by atoms with Crippen LogP contribution in [-0.2, 0) is 6.42 Å². The molecular formula is C16H22ClNS. The lowest BCUT2D eigenvalue weighted by Crippen LogP contribution is -2.31. The summed E-state index contributed by atoms with van der Waals surface area (Å²) < 4.78 is 0.972. The highest BCUT2D eigenvalue weighted by molar-refractivity contribution is 7.16. The maximum absolute atomic E-state index is 6.19. The Morgan fingerprint density at radius 1 is 1.21 bits per heavy atom. The molecule has 0 aromatic carbocycles. The second kappa shape index (κ2) is 5.05. The summed E-state index contributed by atoms with van der Waals surface area (Å²) in [5, 5.41) is 3.88. The number of hydrogen-bond acceptors (Lipinski definition) is 2. The van der Waals surface area contributed by atoms with Crippen LogP contribution in [0.15, 0.2) is 6.07 Å². The molecule has 1 heterocycles. The quantitative estimate of drug-likeness (QED) is 0.822. The molecule has 1 nitrogen and oxygen atoms in total. The van der Waals surface area contributed by atoms with E-state index in [9.17, 15) is 0 Å². The fourth-order valence-corrected chi connectivity index (χ4v) is 5.16. The summed E-state index contributed by atoms with van der Waals surface area (Å²) in [6.45, 7) is 1.24. The number of rotatable bonds is 5. The molecule has 3 aliphatic carbocycles. The largest absolute Gasteiger partial charge is 0.310 e. The van der Waals surface area contributed by atoms with Crippen LogP contribution in [0.1, 0.15) is 55.0 Å². The zero-order chi connectivity index (χ0) is 12.8. The molecule has 3 aliphatic rings. The van der Waals surface area contributed by atoms with E-state index < -0.39 is 0 Å². The van der Waals surface area contributed by atoms with Crippen molar-refractivity contribution in [3.8, 4) is 0 Å². The van der Waals surface area contributed by atoms with Crippen LogP contribution in [0.2, 0.25) is 4.34 Å². The molecule has 19 heavy (non-hydrogen) atoms. The van der Waals surface area contributed by atoms with Crippen LogP contribution >= 0.6 is 22.9 Å². The Kier molecular flexibility index (Phi) is 3.37. The molecule has 3 heteroatoms. The number of fused-ring (bicyclic) bond motifs is 1. The molecule has 1 N–H and O–H groups in total. The lowest BCUT2D eigenvalue weighted by molar-refractivity contribution is 0.343. The van der Waals surface area contributed by atoms with Gasteiger partial charge in [-0.2, -0.15) is 0 Å². The van der Waals surface area contributed by atoms with Crippen molar-refractivity contribution in [2.75, 3.05) is 6.54 Å². The summed E-state index contributed by atoms with van der Waals surface area (Å²) in [7, 11) is 0. The van der Waals surface area contributed by atoms with Crippen molar-refractivity contribution in [1.29, 1.82) is 0 Å².